The van der Waals surface area contributed by atoms with Gasteiger partial charge in [-0.3, -0.25) is 4.98 Å². The van der Waals surface area contributed by atoms with Crippen molar-refractivity contribution in [2.75, 3.05) is 25.1 Å². The Morgan fingerprint density at radius 3 is 2.87 bits per heavy atom. The normalized spacial score (nSPS) is 10.3. The maximum absolute atomic E-state index is 8.66. The summed E-state index contributed by atoms with van der Waals surface area (Å²) in [5.74, 6) is 0. The highest BCUT2D eigenvalue weighted by Gasteiger charge is 2.04. The molecule has 0 fully saturated rings. The van der Waals surface area contributed by atoms with Crippen LogP contribution in [0.25, 0.3) is 0 Å². The van der Waals surface area contributed by atoms with Crippen molar-refractivity contribution in [3.05, 3.63) is 22.9 Å². The van der Waals surface area contributed by atoms with Gasteiger partial charge >= 0.3 is 0 Å². The molecule has 4 heteroatoms. The van der Waals surface area contributed by atoms with Gasteiger partial charge < -0.3 is 10.0 Å². The van der Waals surface area contributed by atoms with Crippen molar-refractivity contribution in [3.63, 3.8) is 0 Å². The number of halogens is 1. The predicted octanol–water partition coefficient (Wildman–Crippen LogP) is 2.44. The number of pyridine rings is 1. The SMILES string of the molecule is CN(CCCCCO)c1ccncc1Br. The van der Waals surface area contributed by atoms with E-state index in [9.17, 15) is 0 Å². The average Bonchev–Trinajstić information content (AvgIpc) is 2.25. The van der Waals surface area contributed by atoms with Crippen LogP contribution in [0.4, 0.5) is 5.69 Å². The van der Waals surface area contributed by atoms with Gasteiger partial charge in [0.15, 0.2) is 0 Å². The van der Waals surface area contributed by atoms with E-state index in [4.69, 9.17) is 5.11 Å². The second-order valence-corrected chi connectivity index (χ2v) is 4.39. The number of anilines is 1. The first-order valence-electron chi connectivity index (χ1n) is 5.17. The molecular formula is C11H17BrN2O. The highest BCUT2D eigenvalue weighted by atomic mass is 79.9. The molecule has 1 aromatic rings. The minimum atomic E-state index is 0.294. The summed E-state index contributed by atoms with van der Waals surface area (Å²) in [6, 6.07) is 2.00. The van der Waals surface area contributed by atoms with Crippen LogP contribution in [-0.2, 0) is 0 Å². The van der Waals surface area contributed by atoms with E-state index in [1.807, 2.05) is 6.07 Å². The number of aliphatic hydroxyl groups excluding tert-OH is 1. The lowest BCUT2D eigenvalue weighted by Gasteiger charge is -2.20. The Morgan fingerprint density at radius 1 is 1.40 bits per heavy atom. The summed E-state index contributed by atoms with van der Waals surface area (Å²) in [6.45, 7) is 1.30. The van der Waals surface area contributed by atoms with Crippen LogP contribution >= 0.6 is 15.9 Å². The summed E-state index contributed by atoms with van der Waals surface area (Å²) in [4.78, 5) is 6.23. The van der Waals surface area contributed by atoms with Crippen LogP contribution in [0.15, 0.2) is 22.9 Å². The fraction of sp³-hybridized carbons (Fsp3) is 0.545. The Bertz CT molecular complexity index is 294. The molecule has 84 valence electrons. The van der Waals surface area contributed by atoms with Gasteiger partial charge in [-0.2, -0.15) is 0 Å². The van der Waals surface area contributed by atoms with Gasteiger partial charge in [-0.1, -0.05) is 0 Å². The molecule has 0 aliphatic heterocycles. The van der Waals surface area contributed by atoms with E-state index in [0.29, 0.717) is 6.61 Å². The van der Waals surface area contributed by atoms with Gasteiger partial charge in [0.25, 0.3) is 0 Å². The zero-order chi connectivity index (χ0) is 11.1. The Kier molecular flexibility index (Phi) is 5.65. The highest BCUT2D eigenvalue weighted by molar-refractivity contribution is 9.10. The minimum absolute atomic E-state index is 0.294. The lowest BCUT2D eigenvalue weighted by atomic mass is 10.2. The lowest BCUT2D eigenvalue weighted by molar-refractivity contribution is 0.283. The van der Waals surface area contributed by atoms with Gasteiger partial charge in [0.05, 0.1) is 10.2 Å². The molecule has 0 aromatic carbocycles. The van der Waals surface area contributed by atoms with Crippen LogP contribution in [0.2, 0.25) is 0 Å². The molecule has 1 heterocycles. The van der Waals surface area contributed by atoms with Gasteiger partial charge in [0, 0.05) is 32.6 Å². The standard InChI is InChI=1S/C11H17BrN2O/c1-14(7-3-2-4-8-15)11-5-6-13-9-10(11)12/h5-6,9,15H,2-4,7-8H2,1H3. The van der Waals surface area contributed by atoms with Crippen LogP contribution < -0.4 is 4.90 Å². The summed E-state index contributed by atoms with van der Waals surface area (Å²) in [5.41, 5.74) is 1.16. The number of aliphatic hydroxyl groups is 1. The van der Waals surface area contributed by atoms with Crippen molar-refractivity contribution in [1.29, 1.82) is 0 Å². The Hall–Kier alpha value is -0.610. The summed E-state index contributed by atoms with van der Waals surface area (Å²) in [6.07, 6.45) is 6.67. The Balaban J connectivity index is 2.40. The predicted molar refractivity (Wildman–Crippen MR) is 66.1 cm³/mol. The van der Waals surface area contributed by atoms with Crippen molar-refractivity contribution in [2.45, 2.75) is 19.3 Å². The molecule has 0 spiro atoms. The fourth-order valence-electron chi connectivity index (χ4n) is 1.44. The topological polar surface area (TPSA) is 36.4 Å². The number of nitrogens with zero attached hydrogens (tertiary/aromatic N) is 2. The van der Waals surface area contributed by atoms with Crippen LogP contribution in [-0.4, -0.2) is 30.3 Å². The number of hydrogen-bond donors (Lipinski definition) is 1. The van der Waals surface area contributed by atoms with Crippen molar-refractivity contribution in [2.24, 2.45) is 0 Å². The highest BCUT2D eigenvalue weighted by Crippen LogP contribution is 2.23. The maximum atomic E-state index is 8.66. The molecule has 0 unspecified atom stereocenters. The van der Waals surface area contributed by atoms with Crippen LogP contribution in [0.1, 0.15) is 19.3 Å². The smallest absolute Gasteiger partial charge is 0.0592 e. The summed E-state index contributed by atoms with van der Waals surface area (Å²) in [5, 5.41) is 8.66. The van der Waals surface area contributed by atoms with Crippen molar-refractivity contribution >= 4 is 21.6 Å². The molecule has 0 radical (unpaired) electrons. The molecule has 0 bridgehead atoms. The summed E-state index contributed by atoms with van der Waals surface area (Å²) in [7, 11) is 2.07. The van der Waals surface area contributed by atoms with Gasteiger partial charge in [-0.15, -0.1) is 0 Å². The van der Waals surface area contributed by atoms with Gasteiger partial charge in [-0.05, 0) is 41.3 Å². The molecule has 0 saturated carbocycles. The summed E-state index contributed by atoms with van der Waals surface area (Å²) < 4.78 is 1.02. The Morgan fingerprint density at radius 2 is 2.20 bits per heavy atom. The molecular weight excluding hydrogens is 256 g/mol. The van der Waals surface area contributed by atoms with Gasteiger partial charge in [0.1, 0.15) is 0 Å². The monoisotopic (exact) mass is 272 g/mol. The third-order valence-corrected chi connectivity index (χ3v) is 2.92. The second-order valence-electron chi connectivity index (χ2n) is 3.53. The second kappa shape index (κ2) is 6.80. The largest absolute Gasteiger partial charge is 0.396 e. The average molecular weight is 273 g/mol. The molecule has 3 nitrogen and oxygen atoms in total. The zero-order valence-corrected chi connectivity index (χ0v) is 10.6. The molecule has 0 aliphatic rings. The molecule has 0 aliphatic carbocycles. The summed E-state index contributed by atoms with van der Waals surface area (Å²) >= 11 is 3.48. The number of rotatable bonds is 6. The quantitative estimate of drug-likeness (QED) is 0.809. The van der Waals surface area contributed by atoms with Crippen LogP contribution in [0.3, 0.4) is 0 Å². The van der Waals surface area contributed by atoms with E-state index in [1.165, 1.54) is 0 Å². The van der Waals surface area contributed by atoms with Crippen LogP contribution in [0.5, 0.6) is 0 Å². The molecule has 1 N–H and O–H groups in total. The molecule has 1 rings (SSSR count). The molecule has 0 atom stereocenters. The third kappa shape index (κ3) is 4.18. The fourth-order valence-corrected chi connectivity index (χ4v) is 1.99. The van der Waals surface area contributed by atoms with E-state index in [2.05, 4.69) is 32.9 Å². The first kappa shape index (κ1) is 12.5. The van der Waals surface area contributed by atoms with E-state index >= 15 is 0 Å². The molecule has 1 aromatic heterocycles. The van der Waals surface area contributed by atoms with Crippen molar-refractivity contribution < 1.29 is 5.11 Å². The number of unbranched alkanes of at least 4 members (excludes halogenated alkanes) is 2. The number of hydrogen-bond acceptors (Lipinski definition) is 3. The Labute approximate surface area is 99.3 Å². The first-order chi connectivity index (χ1) is 7.25. The lowest BCUT2D eigenvalue weighted by Crippen LogP contribution is -2.18. The number of aromatic nitrogens is 1. The van der Waals surface area contributed by atoms with Crippen molar-refractivity contribution in [1.82, 2.24) is 4.98 Å². The molecule has 15 heavy (non-hydrogen) atoms. The minimum Gasteiger partial charge on any atom is -0.396 e. The molecule has 0 saturated heterocycles. The third-order valence-electron chi connectivity index (χ3n) is 2.31. The van der Waals surface area contributed by atoms with Crippen LogP contribution in [0, 0.1) is 0 Å². The van der Waals surface area contributed by atoms with E-state index in [0.717, 1.165) is 36.0 Å². The van der Waals surface area contributed by atoms with Crippen molar-refractivity contribution in [3.8, 4) is 0 Å². The first-order valence-corrected chi connectivity index (χ1v) is 5.96. The van der Waals surface area contributed by atoms with E-state index in [1.54, 1.807) is 12.4 Å². The van der Waals surface area contributed by atoms with Gasteiger partial charge in [-0.25, -0.2) is 0 Å². The maximum Gasteiger partial charge on any atom is 0.0592 e. The van der Waals surface area contributed by atoms with Gasteiger partial charge in [0.2, 0.25) is 0 Å². The zero-order valence-electron chi connectivity index (χ0n) is 8.99. The van der Waals surface area contributed by atoms with E-state index in [-0.39, 0.29) is 0 Å². The van der Waals surface area contributed by atoms with E-state index < -0.39 is 0 Å². The molecule has 0 amide bonds.